The summed E-state index contributed by atoms with van der Waals surface area (Å²) < 4.78 is 0.983. The van der Waals surface area contributed by atoms with E-state index < -0.39 is 6.29 Å². The van der Waals surface area contributed by atoms with Crippen LogP contribution in [0.4, 0.5) is 4.79 Å². The van der Waals surface area contributed by atoms with Gasteiger partial charge in [-0.1, -0.05) is 34.1 Å². The van der Waals surface area contributed by atoms with Gasteiger partial charge in [-0.3, -0.25) is 14.7 Å². The number of thiophene rings is 1. The van der Waals surface area contributed by atoms with Gasteiger partial charge in [-0.15, -0.1) is 23.1 Å². The van der Waals surface area contributed by atoms with Gasteiger partial charge in [0.15, 0.2) is 6.29 Å². The molecule has 3 amide bonds. The lowest BCUT2D eigenvalue weighted by Gasteiger charge is -2.44. The van der Waals surface area contributed by atoms with Crippen LogP contribution in [0, 0.1) is 0 Å². The SMILES string of the molecule is O=C1C2SCCC2N2C(=O)N(Cc3cccc(Br)c3)NC2N1Cc1cccs1. The number of benzene rings is 1. The Morgan fingerprint density at radius 3 is 2.86 bits per heavy atom. The Bertz CT molecular complexity index is 909. The Kier molecular flexibility index (Phi) is 4.86. The molecule has 3 saturated heterocycles. The normalized spacial score (nSPS) is 26.8. The van der Waals surface area contributed by atoms with E-state index in [2.05, 4.69) is 21.4 Å². The second-order valence-corrected chi connectivity index (χ2v) is 10.3. The summed E-state index contributed by atoms with van der Waals surface area (Å²) in [6.45, 7) is 0.975. The van der Waals surface area contributed by atoms with Gasteiger partial charge < -0.3 is 4.90 Å². The summed E-state index contributed by atoms with van der Waals surface area (Å²) >= 11 is 6.79. The van der Waals surface area contributed by atoms with Crippen LogP contribution in [0.5, 0.6) is 0 Å². The van der Waals surface area contributed by atoms with Gasteiger partial charge in [0.1, 0.15) is 5.25 Å². The van der Waals surface area contributed by atoms with Crippen molar-refractivity contribution in [1.82, 2.24) is 20.2 Å². The number of hydrogen-bond donors (Lipinski definition) is 1. The first-order valence-corrected chi connectivity index (χ1v) is 11.9. The standard InChI is InChI=1S/C19H19BrN4O2S2/c20-13-4-1-3-12(9-13)10-23-19(26)24-15-6-8-28-16(15)17(25)22(18(24)21-23)11-14-5-2-7-27-14/h1-5,7,9,15-16,18,21H,6,8,10-11H2. The summed E-state index contributed by atoms with van der Waals surface area (Å²) in [4.78, 5) is 31.3. The molecule has 0 saturated carbocycles. The van der Waals surface area contributed by atoms with Crippen LogP contribution in [0.25, 0.3) is 0 Å². The van der Waals surface area contributed by atoms with Crippen LogP contribution >= 0.6 is 39.0 Å². The smallest absolute Gasteiger partial charge is 0.302 e. The van der Waals surface area contributed by atoms with Crippen LogP contribution in [0.3, 0.4) is 0 Å². The highest BCUT2D eigenvalue weighted by molar-refractivity contribution is 9.10. The number of urea groups is 1. The van der Waals surface area contributed by atoms with Crippen molar-refractivity contribution in [1.29, 1.82) is 0 Å². The molecule has 0 radical (unpaired) electrons. The van der Waals surface area contributed by atoms with Crippen molar-refractivity contribution in [2.75, 3.05) is 5.75 Å². The van der Waals surface area contributed by atoms with E-state index in [0.29, 0.717) is 13.1 Å². The number of rotatable bonds is 4. The molecular formula is C19H19BrN4O2S2. The molecule has 28 heavy (non-hydrogen) atoms. The third-order valence-electron chi connectivity index (χ3n) is 5.36. The topological polar surface area (TPSA) is 55.9 Å². The zero-order chi connectivity index (χ0) is 19.3. The van der Waals surface area contributed by atoms with E-state index in [4.69, 9.17) is 0 Å². The molecule has 0 bridgehead atoms. The predicted octanol–water partition coefficient (Wildman–Crippen LogP) is 3.45. The van der Waals surface area contributed by atoms with Gasteiger partial charge in [-0.2, -0.15) is 5.43 Å². The van der Waals surface area contributed by atoms with Crippen LogP contribution in [0.2, 0.25) is 0 Å². The maximum absolute atomic E-state index is 13.3. The molecule has 3 aliphatic heterocycles. The molecule has 9 heteroatoms. The summed E-state index contributed by atoms with van der Waals surface area (Å²) in [6.07, 6.45) is 0.442. The second kappa shape index (κ2) is 7.37. The van der Waals surface area contributed by atoms with E-state index >= 15 is 0 Å². The van der Waals surface area contributed by atoms with Crippen molar-refractivity contribution in [2.24, 2.45) is 0 Å². The quantitative estimate of drug-likeness (QED) is 0.730. The molecule has 3 unspecified atom stereocenters. The van der Waals surface area contributed by atoms with Gasteiger partial charge in [0.2, 0.25) is 5.91 Å². The fourth-order valence-corrected chi connectivity index (χ4v) is 6.64. The molecule has 5 rings (SSSR count). The van der Waals surface area contributed by atoms with Gasteiger partial charge in [-0.05, 0) is 41.3 Å². The van der Waals surface area contributed by atoms with Crippen molar-refractivity contribution < 1.29 is 9.59 Å². The molecule has 146 valence electrons. The number of carbonyl (C=O) groups is 2. The molecule has 2 aromatic rings. The lowest BCUT2D eigenvalue weighted by atomic mass is 10.1. The molecule has 0 aliphatic carbocycles. The zero-order valence-corrected chi connectivity index (χ0v) is 18.2. The number of nitrogens with one attached hydrogen (secondary N) is 1. The fraction of sp³-hybridized carbons (Fsp3) is 0.368. The number of nitrogens with zero attached hydrogens (tertiary/aromatic N) is 3. The molecule has 0 spiro atoms. The van der Waals surface area contributed by atoms with Crippen LogP contribution in [-0.4, -0.2) is 50.1 Å². The van der Waals surface area contributed by atoms with Crippen molar-refractivity contribution in [3.8, 4) is 0 Å². The number of hydrazine groups is 1. The summed E-state index contributed by atoms with van der Waals surface area (Å²) in [5.41, 5.74) is 4.34. The average molecular weight is 479 g/mol. The van der Waals surface area contributed by atoms with E-state index in [1.54, 1.807) is 28.1 Å². The van der Waals surface area contributed by atoms with Crippen molar-refractivity contribution >= 4 is 51.0 Å². The predicted molar refractivity (Wildman–Crippen MR) is 113 cm³/mol. The number of halogens is 1. The Balaban J connectivity index is 1.44. The van der Waals surface area contributed by atoms with Gasteiger partial charge in [-0.25, -0.2) is 4.79 Å². The Morgan fingerprint density at radius 2 is 2.07 bits per heavy atom. The summed E-state index contributed by atoms with van der Waals surface area (Å²) in [6, 6.07) is 11.9. The zero-order valence-electron chi connectivity index (χ0n) is 15.0. The molecule has 1 aromatic heterocycles. The first kappa shape index (κ1) is 18.5. The van der Waals surface area contributed by atoms with Crippen LogP contribution < -0.4 is 5.43 Å². The van der Waals surface area contributed by atoms with Crippen LogP contribution in [-0.2, 0) is 17.9 Å². The van der Waals surface area contributed by atoms with E-state index in [-0.39, 0.29) is 23.2 Å². The number of hydrogen-bond acceptors (Lipinski definition) is 5. The Hall–Kier alpha value is -1.55. The van der Waals surface area contributed by atoms with Crippen LogP contribution in [0.15, 0.2) is 46.3 Å². The highest BCUT2D eigenvalue weighted by Crippen LogP contribution is 2.40. The van der Waals surface area contributed by atoms with Gasteiger partial charge >= 0.3 is 6.03 Å². The number of fused-ring (bicyclic) bond motifs is 3. The molecule has 4 heterocycles. The summed E-state index contributed by atoms with van der Waals surface area (Å²) in [7, 11) is 0. The molecule has 3 fully saturated rings. The Morgan fingerprint density at radius 1 is 1.18 bits per heavy atom. The molecular weight excluding hydrogens is 460 g/mol. The summed E-state index contributed by atoms with van der Waals surface area (Å²) in [5, 5.41) is 3.50. The fourth-order valence-electron chi connectivity index (χ4n) is 4.09. The van der Waals surface area contributed by atoms with E-state index in [9.17, 15) is 9.59 Å². The van der Waals surface area contributed by atoms with E-state index in [0.717, 1.165) is 27.1 Å². The van der Waals surface area contributed by atoms with Gasteiger partial charge in [0.05, 0.1) is 19.1 Å². The first-order chi connectivity index (χ1) is 13.6. The number of amides is 3. The largest absolute Gasteiger partial charge is 0.337 e. The van der Waals surface area contributed by atoms with Crippen LogP contribution in [0.1, 0.15) is 16.9 Å². The van der Waals surface area contributed by atoms with Gasteiger partial charge in [0.25, 0.3) is 0 Å². The second-order valence-electron chi connectivity index (χ2n) is 7.10. The van der Waals surface area contributed by atoms with Crippen molar-refractivity contribution in [3.05, 3.63) is 56.7 Å². The van der Waals surface area contributed by atoms with Gasteiger partial charge in [0, 0.05) is 9.35 Å². The highest BCUT2D eigenvalue weighted by Gasteiger charge is 2.55. The minimum atomic E-state index is -0.422. The number of carbonyl (C=O) groups excluding carboxylic acids is 2. The molecule has 6 nitrogen and oxygen atoms in total. The average Bonchev–Trinajstić information content (AvgIpc) is 3.40. The van der Waals surface area contributed by atoms with Crippen molar-refractivity contribution in [3.63, 3.8) is 0 Å². The monoisotopic (exact) mass is 478 g/mol. The van der Waals surface area contributed by atoms with Crippen molar-refractivity contribution in [2.45, 2.75) is 37.1 Å². The Labute approximate surface area is 180 Å². The molecule has 1 N–H and O–H groups in total. The minimum absolute atomic E-state index is 0.0328. The summed E-state index contributed by atoms with van der Waals surface area (Å²) in [5.74, 6) is 1.04. The molecule has 3 atom stereocenters. The third kappa shape index (κ3) is 3.14. The third-order valence-corrected chi connectivity index (χ3v) is 8.06. The van der Waals surface area contributed by atoms with E-state index in [1.165, 1.54) is 0 Å². The molecule has 3 aliphatic rings. The maximum Gasteiger partial charge on any atom is 0.337 e. The van der Waals surface area contributed by atoms with E-state index in [1.807, 2.05) is 51.6 Å². The lowest BCUT2D eigenvalue weighted by molar-refractivity contribution is -0.145. The maximum atomic E-state index is 13.3. The minimum Gasteiger partial charge on any atom is -0.302 e. The number of thioether (sulfide) groups is 1. The molecule has 1 aromatic carbocycles. The first-order valence-electron chi connectivity index (χ1n) is 9.17. The highest BCUT2D eigenvalue weighted by atomic mass is 79.9. The lowest BCUT2D eigenvalue weighted by Crippen LogP contribution is -2.65.